The van der Waals surface area contributed by atoms with Gasteiger partial charge >= 0.3 is 0 Å². The van der Waals surface area contributed by atoms with Gasteiger partial charge in [-0.3, -0.25) is 9.78 Å². The van der Waals surface area contributed by atoms with Crippen LogP contribution in [0.2, 0.25) is 0 Å². The van der Waals surface area contributed by atoms with Gasteiger partial charge in [-0.2, -0.15) is 5.10 Å². The van der Waals surface area contributed by atoms with Crippen molar-refractivity contribution in [3.8, 4) is 22.4 Å². The van der Waals surface area contributed by atoms with Crippen molar-refractivity contribution >= 4 is 17.1 Å². The summed E-state index contributed by atoms with van der Waals surface area (Å²) in [6, 6.07) is 18.0. The van der Waals surface area contributed by atoms with E-state index in [0.29, 0.717) is 11.5 Å². The van der Waals surface area contributed by atoms with E-state index < -0.39 is 0 Å². The number of nitrogens with zero attached hydrogens (tertiary/aromatic N) is 3. The maximum absolute atomic E-state index is 12.0. The van der Waals surface area contributed by atoms with Gasteiger partial charge in [0, 0.05) is 35.0 Å². The second kappa shape index (κ2) is 6.40. The summed E-state index contributed by atoms with van der Waals surface area (Å²) < 4.78 is 0. The average Bonchev–Trinajstić information content (AvgIpc) is 3.58. The number of aldehydes is 1. The molecule has 2 heterocycles. The molecule has 27 heavy (non-hydrogen) atoms. The van der Waals surface area contributed by atoms with Crippen LogP contribution in [0.15, 0.2) is 67.0 Å². The standard InChI is InChI=1S/C23H17N3O/c27-14-21-18-4-2-1-3-15(18)7-8-19(21)23-20(16-9-11-24-12-10-16)13-22(25-26-23)17-5-6-17/h1-4,7-14,17H,5-6H2. The topological polar surface area (TPSA) is 55.7 Å². The lowest BCUT2D eigenvalue weighted by Crippen LogP contribution is -2.00. The lowest BCUT2D eigenvalue weighted by molar-refractivity contribution is 0.112. The number of hydrogen-bond acceptors (Lipinski definition) is 4. The highest BCUT2D eigenvalue weighted by molar-refractivity contribution is 6.05. The van der Waals surface area contributed by atoms with E-state index in [0.717, 1.165) is 45.1 Å². The first-order valence-electron chi connectivity index (χ1n) is 9.10. The molecule has 0 atom stereocenters. The van der Waals surface area contributed by atoms with Gasteiger partial charge in [0.25, 0.3) is 0 Å². The van der Waals surface area contributed by atoms with E-state index in [1.54, 1.807) is 12.4 Å². The first-order valence-corrected chi connectivity index (χ1v) is 9.10. The molecule has 4 nitrogen and oxygen atoms in total. The monoisotopic (exact) mass is 351 g/mol. The van der Waals surface area contributed by atoms with Gasteiger partial charge in [0.1, 0.15) is 5.69 Å². The molecule has 0 radical (unpaired) electrons. The quantitative estimate of drug-likeness (QED) is 0.483. The Bertz CT molecular complexity index is 1150. The van der Waals surface area contributed by atoms with Crippen LogP contribution in [0.5, 0.6) is 0 Å². The van der Waals surface area contributed by atoms with Gasteiger partial charge in [0.15, 0.2) is 6.29 Å². The zero-order valence-corrected chi connectivity index (χ0v) is 14.7. The highest BCUT2D eigenvalue weighted by atomic mass is 16.1. The largest absolute Gasteiger partial charge is 0.298 e. The minimum absolute atomic E-state index is 0.509. The minimum atomic E-state index is 0.509. The van der Waals surface area contributed by atoms with Crippen molar-refractivity contribution in [1.29, 1.82) is 0 Å². The Morgan fingerprint density at radius 2 is 1.70 bits per heavy atom. The fraction of sp³-hybridized carbons (Fsp3) is 0.130. The number of hydrogen-bond donors (Lipinski definition) is 0. The average molecular weight is 351 g/mol. The summed E-state index contributed by atoms with van der Waals surface area (Å²) in [4.78, 5) is 16.1. The fourth-order valence-electron chi connectivity index (χ4n) is 3.56. The number of carbonyl (C=O) groups is 1. The number of fused-ring (bicyclic) bond motifs is 1. The molecule has 0 bridgehead atoms. The Kier molecular flexibility index (Phi) is 3.75. The van der Waals surface area contributed by atoms with Crippen LogP contribution in [-0.4, -0.2) is 21.5 Å². The molecule has 4 aromatic rings. The molecule has 5 rings (SSSR count). The third-order valence-electron chi connectivity index (χ3n) is 5.14. The summed E-state index contributed by atoms with van der Waals surface area (Å²) in [5, 5.41) is 11.0. The molecule has 0 spiro atoms. The summed E-state index contributed by atoms with van der Waals surface area (Å²) in [6.45, 7) is 0. The summed E-state index contributed by atoms with van der Waals surface area (Å²) in [7, 11) is 0. The van der Waals surface area contributed by atoms with Crippen LogP contribution in [0.1, 0.15) is 34.8 Å². The molecular formula is C23H17N3O. The summed E-state index contributed by atoms with van der Waals surface area (Å²) in [5.41, 5.74) is 5.24. The van der Waals surface area contributed by atoms with Gasteiger partial charge in [-0.05, 0) is 47.4 Å². The molecule has 0 N–H and O–H groups in total. The molecular weight excluding hydrogens is 334 g/mol. The first kappa shape index (κ1) is 15.8. The molecule has 1 saturated carbocycles. The van der Waals surface area contributed by atoms with Gasteiger partial charge < -0.3 is 0 Å². The SMILES string of the molecule is O=Cc1c(-c2nnc(C3CC3)cc2-c2ccncc2)ccc2ccccc12. The van der Waals surface area contributed by atoms with Gasteiger partial charge in [-0.1, -0.05) is 36.4 Å². The van der Waals surface area contributed by atoms with Crippen molar-refractivity contribution in [3.63, 3.8) is 0 Å². The molecule has 2 aromatic heterocycles. The molecule has 130 valence electrons. The highest BCUT2D eigenvalue weighted by Gasteiger charge is 2.27. The van der Waals surface area contributed by atoms with Crippen LogP contribution in [0, 0.1) is 0 Å². The third kappa shape index (κ3) is 2.79. The molecule has 1 fully saturated rings. The van der Waals surface area contributed by atoms with Crippen molar-refractivity contribution in [3.05, 3.63) is 78.2 Å². The Morgan fingerprint density at radius 3 is 2.48 bits per heavy atom. The lowest BCUT2D eigenvalue weighted by Gasteiger charge is -2.13. The Morgan fingerprint density at radius 1 is 0.889 bits per heavy atom. The zero-order chi connectivity index (χ0) is 18.2. The van der Waals surface area contributed by atoms with Crippen LogP contribution in [0.4, 0.5) is 0 Å². The summed E-state index contributed by atoms with van der Waals surface area (Å²) in [5.74, 6) is 0.509. The zero-order valence-electron chi connectivity index (χ0n) is 14.7. The molecule has 0 aliphatic heterocycles. The van der Waals surface area contributed by atoms with E-state index in [2.05, 4.69) is 21.2 Å². The molecule has 0 saturated heterocycles. The Balaban J connectivity index is 1.78. The third-order valence-corrected chi connectivity index (χ3v) is 5.14. The lowest BCUT2D eigenvalue weighted by atomic mass is 9.93. The van der Waals surface area contributed by atoms with E-state index in [9.17, 15) is 4.79 Å². The maximum Gasteiger partial charge on any atom is 0.151 e. The molecule has 1 aliphatic rings. The van der Waals surface area contributed by atoms with Crippen molar-refractivity contribution in [2.24, 2.45) is 0 Å². The second-order valence-electron chi connectivity index (χ2n) is 6.91. The van der Waals surface area contributed by atoms with E-state index >= 15 is 0 Å². The Hall–Kier alpha value is -3.40. The first-order chi connectivity index (χ1) is 13.3. The van der Waals surface area contributed by atoms with Crippen LogP contribution < -0.4 is 0 Å². The van der Waals surface area contributed by atoms with Crippen molar-refractivity contribution < 1.29 is 4.79 Å². The van der Waals surface area contributed by atoms with Crippen molar-refractivity contribution in [1.82, 2.24) is 15.2 Å². The molecule has 0 unspecified atom stereocenters. The fourth-order valence-corrected chi connectivity index (χ4v) is 3.56. The predicted molar refractivity (Wildman–Crippen MR) is 106 cm³/mol. The predicted octanol–water partition coefficient (Wildman–Crippen LogP) is 5.05. The molecule has 1 aliphatic carbocycles. The number of pyridine rings is 1. The number of aromatic nitrogens is 3. The van der Waals surface area contributed by atoms with Gasteiger partial charge in [-0.15, -0.1) is 5.10 Å². The number of carbonyl (C=O) groups excluding carboxylic acids is 1. The second-order valence-corrected chi connectivity index (χ2v) is 6.91. The van der Waals surface area contributed by atoms with E-state index in [1.165, 1.54) is 12.8 Å². The van der Waals surface area contributed by atoms with Gasteiger partial charge in [0.05, 0.1) is 5.69 Å². The molecule has 2 aromatic carbocycles. The smallest absolute Gasteiger partial charge is 0.151 e. The number of benzene rings is 2. The Labute approximate surface area is 156 Å². The van der Waals surface area contributed by atoms with Crippen LogP contribution >= 0.6 is 0 Å². The van der Waals surface area contributed by atoms with Gasteiger partial charge in [0.2, 0.25) is 0 Å². The van der Waals surface area contributed by atoms with E-state index in [4.69, 9.17) is 0 Å². The number of rotatable bonds is 4. The minimum Gasteiger partial charge on any atom is -0.298 e. The van der Waals surface area contributed by atoms with Crippen molar-refractivity contribution in [2.45, 2.75) is 18.8 Å². The van der Waals surface area contributed by atoms with Gasteiger partial charge in [-0.25, -0.2) is 0 Å². The van der Waals surface area contributed by atoms with Crippen molar-refractivity contribution in [2.75, 3.05) is 0 Å². The van der Waals surface area contributed by atoms with E-state index in [-0.39, 0.29) is 0 Å². The molecule has 0 amide bonds. The highest BCUT2D eigenvalue weighted by Crippen LogP contribution is 2.42. The van der Waals surface area contributed by atoms with Crippen LogP contribution in [-0.2, 0) is 0 Å². The summed E-state index contributed by atoms with van der Waals surface area (Å²) >= 11 is 0. The maximum atomic E-state index is 12.0. The van der Waals surface area contributed by atoms with E-state index in [1.807, 2.05) is 48.5 Å². The molecule has 4 heteroatoms. The summed E-state index contributed by atoms with van der Waals surface area (Å²) in [6.07, 6.45) is 6.80. The normalized spacial score (nSPS) is 13.6. The van der Waals surface area contributed by atoms with Crippen LogP contribution in [0.3, 0.4) is 0 Å². The van der Waals surface area contributed by atoms with Crippen LogP contribution in [0.25, 0.3) is 33.2 Å².